The average Bonchev–Trinajstić information content (AvgIpc) is 1.78. The fourth-order valence-corrected chi connectivity index (χ4v) is 5.33. The molecule has 0 aromatic heterocycles. The van der Waals surface area contributed by atoms with Gasteiger partial charge in [0.2, 0.25) is 0 Å². The first-order valence-corrected chi connectivity index (χ1v) is 8.62. The van der Waals surface area contributed by atoms with E-state index in [1.807, 2.05) is 0 Å². The topological polar surface area (TPSA) is 26.0 Å². The van der Waals surface area contributed by atoms with E-state index in [1.54, 1.807) is 0 Å². The van der Waals surface area contributed by atoms with E-state index in [-0.39, 0.29) is 0 Å². The molecule has 1 nitrogen and oxygen atoms in total. The summed E-state index contributed by atoms with van der Waals surface area (Å²) in [6.45, 7) is 7.25. The molecule has 0 aliphatic carbocycles. The molecule has 0 aromatic carbocycles. The molecular formula is C7H17NSSi. The van der Waals surface area contributed by atoms with Crippen LogP contribution in [0.4, 0.5) is 0 Å². The van der Waals surface area contributed by atoms with E-state index in [4.69, 9.17) is 5.73 Å². The van der Waals surface area contributed by atoms with Gasteiger partial charge in [-0.3, -0.25) is 0 Å². The van der Waals surface area contributed by atoms with E-state index in [2.05, 4.69) is 31.4 Å². The van der Waals surface area contributed by atoms with Gasteiger partial charge in [0, 0.05) is 25.1 Å². The molecule has 1 saturated heterocycles. The standard InChI is InChI=1S/C7H17NSSi/c1-10(2,3)5-7-6(8)4-9-7/h6-7H,4-5,8H2,1-3H3. The molecule has 60 valence electrons. The lowest BCUT2D eigenvalue weighted by molar-refractivity contribution is 0.690. The van der Waals surface area contributed by atoms with Crippen LogP contribution in [0.3, 0.4) is 0 Å². The van der Waals surface area contributed by atoms with Crippen molar-refractivity contribution in [1.29, 1.82) is 0 Å². The Morgan fingerprint density at radius 2 is 2.10 bits per heavy atom. The largest absolute Gasteiger partial charge is 0.326 e. The molecule has 0 aromatic rings. The van der Waals surface area contributed by atoms with Crippen molar-refractivity contribution in [1.82, 2.24) is 0 Å². The molecule has 0 bridgehead atoms. The Bertz CT molecular complexity index is 121. The number of thioether (sulfide) groups is 1. The lowest BCUT2D eigenvalue weighted by Crippen LogP contribution is -2.47. The highest BCUT2D eigenvalue weighted by molar-refractivity contribution is 8.01. The molecule has 1 heterocycles. The van der Waals surface area contributed by atoms with Crippen molar-refractivity contribution >= 4 is 19.8 Å². The lowest BCUT2D eigenvalue weighted by atomic mass is 10.2. The summed E-state index contributed by atoms with van der Waals surface area (Å²) in [5.41, 5.74) is 5.83. The number of rotatable bonds is 2. The number of hydrogen-bond donors (Lipinski definition) is 1. The van der Waals surface area contributed by atoms with Crippen LogP contribution in [-0.2, 0) is 0 Å². The molecule has 3 heteroatoms. The third kappa shape index (κ3) is 2.29. The smallest absolute Gasteiger partial charge is 0.0454 e. The molecule has 1 aliphatic rings. The zero-order valence-corrected chi connectivity index (χ0v) is 8.87. The lowest BCUT2D eigenvalue weighted by Gasteiger charge is -2.36. The Hall–Kier alpha value is 0.527. The summed E-state index contributed by atoms with van der Waals surface area (Å²) < 4.78 is 0. The Morgan fingerprint density at radius 3 is 2.20 bits per heavy atom. The van der Waals surface area contributed by atoms with Crippen LogP contribution < -0.4 is 5.73 Å². The predicted molar refractivity (Wildman–Crippen MR) is 52.4 cm³/mol. The fourth-order valence-electron chi connectivity index (χ4n) is 1.16. The summed E-state index contributed by atoms with van der Waals surface area (Å²) >= 11 is 2.05. The van der Waals surface area contributed by atoms with Gasteiger partial charge >= 0.3 is 0 Å². The van der Waals surface area contributed by atoms with Gasteiger partial charge in [-0.2, -0.15) is 11.8 Å². The summed E-state index contributed by atoms with van der Waals surface area (Å²) in [6.07, 6.45) is 0. The SMILES string of the molecule is C[Si](C)(C)CC1SCC1N. The Labute approximate surface area is 68.8 Å². The maximum absolute atomic E-state index is 5.83. The van der Waals surface area contributed by atoms with Gasteiger partial charge in [-0.15, -0.1) is 0 Å². The van der Waals surface area contributed by atoms with Crippen LogP contribution in [0.1, 0.15) is 0 Å². The molecule has 2 atom stereocenters. The Kier molecular flexibility index (Phi) is 2.48. The van der Waals surface area contributed by atoms with Crippen molar-refractivity contribution < 1.29 is 0 Å². The summed E-state index contributed by atoms with van der Waals surface area (Å²) in [5.74, 6) is 1.19. The van der Waals surface area contributed by atoms with Crippen molar-refractivity contribution in [2.75, 3.05) is 5.75 Å². The fraction of sp³-hybridized carbons (Fsp3) is 1.00. The molecule has 1 rings (SSSR count). The molecule has 2 unspecified atom stereocenters. The van der Waals surface area contributed by atoms with E-state index in [9.17, 15) is 0 Å². The van der Waals surface area contributed by atoms with Crippen LogP contribution >= 0.6 is 11.8 Å². The van der Waals surface area contributed by atoms with Gasteiger partial charge in [0.05, 0.1) is 0 Å². The van der Waals surface area contributed by atoms with Crippen molar-refractivity contribution in [3.63, 3.8) is 0 Å². The highest BCUT2D eigenvalue weighted by Crippen LogP contribution is 2.33. The zero-order valence-electron chi connectivity index (χ0n) is 7.05. The van der Waals surface area contributed by atoms with Gasteiger partial charge < -0.3 is 5.73 Å². The maximum Gasteiger partial charge on any atom is 0.0454 e. The second-order valence-electron chi connectivity index (χ2n) is 4.30. The third-order valence-electron chi connectivity index (χ3n) is 1.79. The van der Waals surface area contributed by atoms with Gasteiger partial charge in [0.15, 0.2) is 0 Å². The number of hydrogen-bond acceptors (Lipinski definition) is 2. The third-order valence-corrected chi connectivity index (χ3v) is 5.28. The van der Waals surface area contributed by atoms with Gasteiger partial charge in [-0.1, -0.05) is 19.6 Å². The Balaban J connectivity index is 2.26. The van der Waals surface area contributed by atoms with E-state index >= 15 is 0 Å². The minimum absolute atomic E-state index is 0.511. The van der Waals surface area contributed by atoms with Gasteiger partial charge in [-0.05, 0) is 6.04 Å². The molecule has 1 aliphatic heterocycles. The van der Waals surface area contributed by atoms with Gasteiger partial charge in [0.25, 0.3) is 0 Å². The van der Waals surface area contributed by atoms with Crippen LogP contribution in [0, 0.1) is 0 Å². The second kappa shape index (κ2) is 2.87. The molecule has 0 saturated carbocycles. The van der Waals surface area contributed by atoms with Crippen molar-refractivity contribution in [3.05, 3.63) is 0 Å². The monoisotopic (exact) mass is 175 g/mol. The van der Waals surface area contributed by atoms with E-state index in [1.165, 1.54) is 11.8 Å². The minimum Gasteiger partial charge on any atom is -0.326 e. The summed E-state index contributed by atoms with van der Waals surface area (Å²) in [5, 5.41) is 0.798. The Morgan fingerprint density at radius 1 is 1.50 bits per heavy atom. The minimum atomic E-state index is -0.833. The van der Waals surface area contributed by atoms with Crippen molar-refractivity contribution in [2.24, 2.45) is 5.73 Å². The highest BCUT2D eigenvalue weighted by Gasteiger charge is 2.32. The molecule has 0 amide bonds. The first kappa shape index (κ1) is 8.62. The summed E-state index contributed by atoms with van der Waals surface area (Å²) in [4.78, 5) is 0. The molecule has 10 heavy (non-hydrogen) atoms. The zero-order chi connectivity index (χ0) is 7.78. The first-order valence-electron chi connectivity index (χ1n) is 3.86. The molecule has 0 spiro atoms. The first-order chi connectivity index (χ1) is 4.49. The van der Waals surface area contributed by atoms with Crippen LogP contribution in [-0.4, -0.2) is 25.1 Å². The van der Waals surface area contributed by atoms with Crippen molar-refractivity contribution in [2.45, 2.75) is 37.0 Å². The van der Waals surface area contributed by atoms with Crippen molar-refractivity contribution in [3.8, 4) is 0 Å². The predicted octanol–water partition coefficient (Wildman–Crippen LogP) is 1.77. The van der Waals surface area contributed by atoms with Crippen LogP contribution in [0.5, 0.6) is 0 Å². The molecule has 1 fully saturated rings. The summed E-state index contributed by atoms with van der Waals surface area (Å²) in [7, 11) is -0.833. The van der Waals surface area contributed by atoms with E-state index < -0.39 is 8.07 Å². The number of nitrogens with two attached hydrogens (primary N) is 1. The second-order valence-corrected chi connectivity index (χ2v) is 11.1. The van der Waals surface area contributed by atoms with Gasteiger partial charge in [-0.25, -0.2) is 0 Å². The highest BCUT2D eigenvalue weighted by atomic mass is 32.2. The van der Waals surface area contributed by atoms with E-state index in [0.29, 0.717) is 6.04 Å². The van der Waals surface area contributed by atoms with Crippen LogP contribution in [0.15, 0.2) is 0 Å². The molecule has 0 radical (unpaired) electrons. The normalized spacial score (nSPS) is 33.6. The maximum atomic E-state index is 5.83. The van der Waals surface area contributed by atoms with E-state index in [0.717, 1.165) is 5.25 Å². The molecular weight excluding hydrogens is 158 g/mol. The molecule has 2 N–H and O–H groups in total. The quantitative estimate of drug-likeness (QED) is 0.647. The average molecular weight is 175 g/mol. The summed E-state index contributed by atoms with van der Waals surface area (Å²) in [6, 6.07) is 1.91. The van der Waals surface area contributed by atoms with Gasteiger partial charge in [0.1, 0.15) is 0 Å². The van der Waals surface area contributed by atoms with Crippen LogP contribution in [0.25, 0.3) is 0 Å². The van der Waals surface area contributed by atoms with Crippen LogP contribution in [0.2, 0.25) is 25.7 Å².